The second-order valence-electron chi connectivity index (χ2n) is 9.60. The predicted molar refractivity (Wildman–Crippen MR) is 100 cm³/mol. The van der Waals surface area contributed by atoms with E-state index < -0.39 is 37.3 Å². The Morgan fingerprint density at radius 1 is 1.21 bits per heavy atom. The van der Waals surface area contributed by atoms with Crippen LogP contribution >= 0.6 is 0 Å². The van der Waals surface area contributed by atoms with E-state index in [9.17, 15) is 25.2 Å². The van der Waals surface area contributed by atoms with Gasteiger partial charge in [0.2, 0.25) is 0 Å². The number of fused-ring (bicyclic) bond motifs is 2. The Labute approximate surface area is 170 Å². The molecule has 0 spiro atoms. The Morgan fingerprint density at radius 3 is 2.62 bits per heavy atom. The van der Waals surface area contributed by atoms with Crippen molar-refractivity contribution in [2.75, 3.05) is 6.61 Å². The van der Waals surface area contributed by atoms with Gasteiger partial charge < -0.3 is 34.6 Å². The Bertz CT molecular complexity index is 665. The Kier molecular flexibility index (Phi) is 5.55. The first-order chi connectivity index (χ1) is 13.6. The van der Waals surface area contributed by atoms with Crippen molar-refractivity contribution in [1.29, 1.82) is 0 Å². The van der Waals surface area contributed by atoms with E-state index in [1.54, 1.807) is 0 Å². The second-order valence-corrected chi connectivity index (χ2v) is 9.60. The zero-order chi connectivity index (χ0) is 21.1. The number of hydrogen-bond acceptors (Lipinski definition) is 8. The van der Waals surface area contributed by atoms with E-state index in [-0.39, 0.29) is 41.3 Å². The standard InChI is InChI=1S/C21H32O8/c1-9-4-11(27-20-18(25)17(24)16(23)15(8-22)29-20)6-21(3)7-14-12(5-13(9)21)10(2)19(26)28-14/h10-18,20,22-25H,1,4-8H2,2-3H3. The molecule has 2 saturated carbocycles. The van der Waals surface area contributed by atoms with Crippen LogP contribution in [0.2, 0.25) is 0 Å². The van der Waals surface area contributed by atoms with Crippen molar-refractivity contribution >= 4 is 5.97 Å². The topological polar surface area (TPSA) is 126 Å². The molecule has 2 aliphatic heterocycles. The van der Waals surface area contributed by atoms with E-state index >= 15 is 0 Å². The van der Waals surface area contributed by atoms with Gasteiger partial charge in [-0.2, -0.15) is 0 Å². The van der Waals surface area contributed by atoms with Crippen LogP contribution in [0.3, 0.4) is 0 Å². The van der Waals surface area contributed by atoms with Crippen molar-refractivity contribution in [3.05, 3.63) is 12.2 Å². The van der Waals surface area contributed by atoms with Crippen molar-refractivity contribution in [3.8, 4) is 0 Å². The van der Waals surface area contributed by atoms with Crippen molar-refractivity contribution in [2.45, 2.75) is 82.4 Å². The molecule has 4 aliphatic rings. The first-order valence-corrected chi connectivity index (χ1v) is 10.5. The molecular weight excluding hydrogens is 380 g/mol. The number of rotatable bonds is 3. The second kappa shape index (κ2) is 7.59. The number of carbonyl (C=O) groups excluding carboxylic acids is 1. The summed E-state index contributed by atoms with van der Waals surface area (Å²) in [6.07, 6.45) is -3.92. The van der Waals surface area contributed by atoms with Gasteiger partial charge in [0.1, 0.15) is 30.5 Å². The van der Waals surface area contributed by atoms with Gasteiger partial charge in [-0.3, -0.25) is 4.79 Å². The molecule has 0 amide bonds. The summed E-state index contributed by atoms with van der Waals surface area (Å²) in [5.41, 5.74) is 0.901. The van der Waals surface area contributed by atoms with Crippen LogP contribution in [0.15, 0.2) is 12.2 Å². The zero-order valence-corrected chi connectivity index (χ0v) is 16.9. The van der Waals surface area contributed by atoms with Crippen molar-refractivity contribution in [1.82, 2.24) is 0 Å². The summed E-state index contributed by atoms with van der Waals surface area (Å²) in [4.78, 5) is 12.0. The largest absolute Gasteiger partial charge is 0.462 e. The summed E-state index contributed by atoms with van der Waals surface area (Å²) in [6.45, 7) is 7.89. The van der Waals surface area contributed by atoms with Gasteiger partial charge in [0.25, 0.3) is 0 Å². The van der Waals surface area contributed by atoms with Crippen LogP contribution in [0.25, 0.3) is 0 Å². The predicted octanol–water partition coefficient (Wildman–Crippen LogP) is 0.115. The lowest BCUT2D eigenvalue weighted by Gasteiger charge is -2.52. The molecular formula is C21H32O8. The normalized spacial score (nSPS) is 52.6. The molecule has 2 aliphatic carbocycles. The third-order valence-corrected chi connectivity index (χ3v) is 7.63. The van der Waals surface area contributed by atoms with Crippen molar-refractivity contribution < 1.29 is 39.4 Å². The van der Waals surface area contributed by atoms with Gasteiger partial charge >= 0.3 is 5.97 Å². The van der Waals surface area contributed by atoms with Crippen LogP contribution in [0.5, 0.6) is 0 Å². The molecule has 4 fully saturated rings. The van der Waals surface area contributed by atoms with Crippen LogP contribution in [-0.4, -0.2) is 75.9 Å². The molecule has 164 valence electrons. The van der Waals surface area contributed by atoms with Gasteiger partial charge in [-0.05, 0) is 37.0 Å². The van der Waals surface area contributed by atoms with Gasteiger partial charge in [-0.25, -0.2) is 0 Å². The minimum absolute atomic E-state index is 0.0829. The van der Waals surface area contributed by atoms with Crippen LogP contribution in [-0.2, 0) is 19.0 Å². The Balaban J connectivity index is 1.47. The van der Waals surface area contributed by atoms with Crippen LogP contribution < -0.4 is 0 Å². The third-order valence-electron chi connectivity index (χ3n) is 7.63. The maximum atomic E-state index is 12.0. The highest BCUT2D eigenvalue weighted by Crippen LogP contribution is 2.57. The maximum absolute atomic E-state index is 12.0. The molecule has 4 rings (SSSR count). The molecule has 11 unspecified atom stereocenters. The molecule has 8 heteroatoms. The molecule has 0 radical (unpaired) electrons. The number of aliphatic hydroxyl groups excluding tert-OH is 4. The number of esters is 1. The number of aliphatic hydroxyl groups is 4. The Hall–Kier alpha value is -1.03. The lowest BCUT2D eigenvalue weighted by Crippen LogP contribution is -2.60. The van der Waals surface area contributed by atoms with E-state index in [2.05, 4.69) is 13.5 Å². The lowest BCUT2D eigenvalue weighted by molar-refractivity contribution is -0.314. The number of hydrogen-bond donors (Lipinski definition) is 4. The smallest absolute Gasteiger partial charge is 0.309 e. The lowest BCUT2D eigenvalue weighted by atomic mass is 9.55. The summed E-state index contributed by atoms with van der Waals surface area (Å²) in [5, 5.41) is 39.6. The molecule has 2 heterocycles. The summed E-state index contributed by atoms with van der Waals surface area (Å²) in [5.74, 6) is 0.290. The molecule has 0 bridgehead atoms. The molecule has 0 aromatic rings. The van der Waals surface area contributed by atoms with Gasteiger partial charge in [0, 0.05) is 5.92 Å². The van der Waals surface area contributed by atoms with E-state index in [4.69, 9.17) is 14.2 Å². The highest BCUT2D eigenvalue weighted by atomic mass is 16.7. The quantitative estimate of drug-likeness (QED) is 0.293. The molecule has 8 nitrogen and oxygen atoms in total. The Morgan fingerprint density at radius 2 is 1.93 bits per heavy atom. The maximum Gasteiger partial charge on any atom is 0.309 e. The first-order valence-electron chi connectivity index (χ1n) is 10.5. The molecule has 29 heavy (non-hydrogen) atoms. The monoisotopic (exact) mass is 412 g/mol. The minimum Gasteiger partial charge on any atom is -0.462 e. The van der Waals surface area contributed by atoms with Crippen LogP contribution in [0.1, 0.15) is 39.5 Å². The van der Waals surface area contributed by atoms with Crippen molar-refractivity contribution in [2.24, 2.45) is 23.2 Å². The van der Waals surface area contributed by atoms with E-state index in [1.807, 2.05) is 6.92 Å². The SMILES string of the molecule is C=C1CC(OC2OC(CO)C(O)C(O)C2O)CC2(C)CC3OC(=O)C(C)C3CC12. The molecule has 11 atom stereocenters. The van der Waals surface area contributed by atoms with Crippen LogP contribution in [0, 0.1) is 23.2 Å². The summed E-state index contributed by atoms with van der Waals surface area (Å²) in [6, 6.07) is 0. The average Bonchev–Trinajstić information content (AvgIpc) is 2.93. The van der Waals surface area contributed by atoms with Crippen LogP contribution in [0.4, 0.5) is 0 Å². The third kappa shape index (κ3) is 3.54. The average molecular weight is 412 g/mol. The summed E-state index contributed by atoms with van der Waals surface area (Å²) in [7, 11) is 0. The molecule has 0 aromatic heterocycles. The molecule has 0 aromatic carbocycles. The molecule has 4 N–H and O–H groups in total. The van der Waals surface area contributed by atoms with E-state index in [0.29, 0.717) is 12.8 Å². The minimum atomic E-state index is -1.46. The highest BCUT2D eigenvalue weighted by Gasteiger charge is 2.56. The fourth-order valence-electron chi connectivity index (χ4n) is 5.93. The van der Waals surface area contributed by atoms with Gasteiger partial charge in [0.15, 0.2) is 6.29 Å². The number of carbonyl (C=O) groups is 1. The highest BCUT2D eigenvalue weighted by molar-refractivity contribution is 5.75. The zero-order valence-electron chi connectivity index (χ0n) is 16.9. The fourth-order valence-corrected chi connectivity index (χ4v) is 5.93. The van der Waals surface area contributed by atoms with Gasteiger partial charge in [-0.15, -0.1) is 0 Å². The fraction of sp³-hybridized carbons (Fsp3) is 0.857. The molecule has 2 saturated heterocycles. The van der Waals surface area contributed by atoms with Crippen molar-refractivity contribution in [3.63, 3.8) is 0 Å². The number of ether oxygens (including phenoxy) is 3. The summed E-state index contributed by atoms with van der Waals surface area (Å²) >= 11 is 0. The van der Waals surface area contributed by atoms with Gasteiger partial charge in [-0.1, -0.05) is 26.0 Å². The van der Waals surface area contributed by atoms with E-state index in [0.717, 1.165) is 18.4 Å². The van der Waals surface area contributed by atoms with E-state index in [1.165, 1.54) is 0 Å². The first kappa shape index (κ1) is 21.2. The van der Waals surface area contributed by atoms with Gasteiger partial charge in [0.05, 0.1) is 18.6 Å². The summed E-state index contributed by atoms with van der Waals surface area (Å²) < 4.78 is 17.1.